The van der Waals surface area contributed by atoms with E-state index in [1.165, 1.54) is 18.1 Å². The predicted molar refractivity (Wildman–Crippen MR) is 92.0 cm³/mol. The number of aryl methyl sites for hydroxylation is 1. The number of nitrogens with one attached hydrogen (secondary N) is 2. The molecule has 2 amide bonds. The van der Waals surface area contributed by atoms with E-state index < -0.39 is 11.3 Å². The van der Waals surface area contributed by atoms with Crippen LogP contribution >= 0.6 is 0 Å². The van der Waals surface area contributed by atoms with Gasteiger partial charge in [-0.2, -0.15) is 0 Å². The molecule has 0 fully saturated rings. The molecule has 0 saturated heterocycles. The molecule has 7 heteroatoms. The van der Waals surface area contributed by atoms with Crippen molar-refractivity contribution in [2.24, 2.45) is 0 Å². The lowest BCUT2D eigenvalue weighted by Crippen LogP contribution is -2.46. The number of H-pyrrole nitrogens is 1. The van der Waals surface area contributed by atoms with Crippen molar-refractivity contribution in [3.63, 3.8) is 0 Å². The van der Waals surface area contributed by atoms with Gasteiger partial charge in [0.25, 0.3) is 5.91 Å². The van der Waals surface area contributed by atoms with Gasteiger partial charge in [-0.05, 0) is 39.8 Å². The molecule has 0 atom stereocenters. The molecule has 2 aromatic heterocycles. The van der Waals surface area contributed by atoms with Crippen LogP contribution in [-0.4, -0.2) is 45.8 Å². The zero-order valence-corrected chi connectivity index (χ0v) is 14.6. The summed E-state index contributed by atoms with van der Waals surface area (Å²) in [6, 6.07) is 3.35. The van der Waals surface area contributed by atoms with Crippen molar-refractivity contribution in [1.29, 1.82) is 0 Å². The Morgan fingerprint density at radius 1 is 1.29 bits per heavy atom. The molecule has 0 spiro atoms. The lowest BCUT2D eigenvalue weighted by Gasteiger charge is -2.23. The molecule has 2 N–H and O–H groups in total. The lowest BCUT2D eigenvalue weighted by molar-refractivity contribution is -0.122. The molecule has 7 nitrogen and oxygen atoms in total. The van der Waals surface area contributed by atoms with E-state index in [4.69, 9.17) is 0 Å². The Hall–Kier alpha value is -2.70. The van der Waals surface area contributed by atoms with Crippen LogP contribution in [0.1, 0.15) is 36.8 Å². The molecule has 128 valence electrons. The van der Waals surface area contributed by atoms with E-state index in [9.17, 15) is 14.4 Å². The Morgan fingerprint density at radius 2 is 1.96 bits per heavy atom. The molecule has 0 saturated carbocycles. The summed E-state index contributed by atoms with van der Waals surface area (Å²) in [5.41, 5.74) is 0.409. The van der Waals surface area contributed by atoms with Crippen LogP contribution in [0.2, 0.25) is 0 Å². The highest BCUT2D eigenvalue weighted by Gasteiger charge is 2.21. The summed E-state index contributed by atoms with van der Waals surface area (Å²) in [5.74, 6) is -0.796. The Morgan fingerprint density at radius 3 is 2.58 bits per heavy atom. The van der Waals surface area contributed by atoms with Crippen LogP contribution in [0.3, 0.4) is 0 Å². The van der Waals surface area contributed by atoms with Crippen LogP contribution < -0.4 is 10.7 Å². The minimum Gasteiger partial charge on any atom is -0.350 e. The minimum atomic E-state index is -0.511. The number of aromatic amines is 1. The first kappa shape index (κ1) is 17.7. The van der Waals surface area contributed by atoms with Gasteiger partial charge >= 0.3 is 0 Å². The number of nitrogens with zero attached hydrogens (tertiary/aromatic N) is 2. The summed E-state index contributed by atoms with van der Waals surface area (Å²) in [4.78, 5) is 45.2. The summed E-state index contributed by atoms with van der Waals surface area (Å²) in [6.07, 6.45) is 1.34. The first-order chi connectivity index (χ1) is 11.1. The fourth-order valence-corrected chi connectivity index (χ4v) is 2.31. The van der Waals surface area contributed by atoms with E-state index in [2.05, 4.69) is 15.3 Å². The van der Waals surface area contributed by atoms with Crippen LogP contribution in [0, 0.1) is 6.92 Å². The zero-order valence-electron chi connectivity index (χ0n) is 14.6. The van der Waals surface area contributed by atoms with Gasteiger partial charge in [-0.1, -0.05) is 0 Å². The summed E-state index contributed by atoms with van der Waals surface area (Å²) in [5, 5.41) is 3.12. The Bertz CT molecular complexity index is 849. The van der Waals surface area contributed by atoms with Crippen molar-refractivity contribution in [1.82, 2.24) is 20.2 Å². The van der Waals surface area contributed by atoms with Gasteiger partial charge in [-0.3, -0.25) is 14.4 Å². The second kappa shape index (κ2) is 6.43. The van der Waals surface area contributed by atoms with Gasteiger partial charge in [0.15, 0.2) is 0 Å². The highest BCUT2D eigenvalue weighted by molar-refractivity contribution is 5.98. The molecule has 2 heterocycles. The molecular formula is C17H22N4O3. The summed E-state index contributed by atoms with van der Waals surface area (Å²) in [7, 11) is 1.49. The SMILES string of the molecule is Cc1ccc2c(=O)c(C(=O)N(C)CC(=O)NC(C)(C)C)c[nH]c2n1. The molecule has 0 bridgehead atoms. The molecule has 0 aliphatic heterocycles. The predicted octanol–water partition coefficient (Wildman–Crippen LogP) is 1.22. The van der Waals surface area contributed by atoms with Gasteiger partial charge in [0.2, 0.25) is 11.3 Å². The molecule has 0 unspecified atom stereocenters. The average Bonchev–Trinajstić information content (AvgIpc) is 2.44. The highest BCUT2D eigenvalue weighted by Crippen LogP contribution is 2.08. The van der Waals surface area contributed by atoms with Crippen molar-refractivity contribution >= 4 is 22.8 Å². The van der Waals surface area contributed by atoms with E-state index in [0.29, 0.717) is 11.0 Å². The van der Waals surface area contributed by atoms with Crippen LogP contribution in [-0.2, 0) is 4.79 Å². The van der Waals surface area contributed by atoms with Crippen LogP contribution in [0.15, 0.2) is 23.1 Å². The quantitative estimate of drug-likeness (QED) is 0.884. The molecule has 2 aromatic rings. The lowest BCUT2D eigenvalue weighted by atomic mass is 10.1. The third-order valence-electron chi connectivity index (χ3n) is 3.35. The highest BCUT2D eigenvalue weighted by atomic mass is 16.2. The van der Waals surface area contributed by atoms with Gasteiger partial charge in [0.1, 0.15) is 11.2 Å². The summed E-state index contributed by atoms with van der Waals surface area (Å²) in [6.45, 7) is 7.26. The second-order valence-corrected chi connectivity index (χ2v) is 6.84. The zero-order chi connectivity index (χ0) is 18.1. The molecule has 0 aliphatic carbocycles. The number of amides is 2. The molecular weight excluding hydrogens is 308 g/mol. The molecule has 0 radical (unpaired) electrons. The van der Waals surface area contributed by atoms with E-state index in [0.717, 1.165) is 5.69 Å². The fraction of sp³-hybridized carbons (Fsp3) is 0.412. The maximum atomic E-state index is 12.5. The fourth-order valence-electron chi connectivity index (χ4n) is 2.31. The number of carbonyl (C=O) groups is 2. The standard InChI is InChI=1S/C17H22N4O3/c1-10-6-7-11-14(23)12(8-18-15(11)19-10)16(24)21(5)9-13(22)20-17(2,3)4/h6-8H,9H2,1-5H3,(H,20,22)(H,18,19,23). The third-order valence-corrected chi connectivity index (χ3v) is 3.35. The van der Waals surface area contributed by atoms with E-state index >= 15 is 0 Å². The van der Waals surface area contributed by atoms with Gasteiger partial charge in [0, 0.05) is 24.5 Å². The van der Waals surface area contributed by atoms with Crippen molar-refractivity contribution < 1.29 is 9.59 Å². The normalized spacial score (nSPS) is 11.4. The van der Waals surface area contributed by atoms with Crippen LogP contribution in [0.5, 0.6) is 0 Å². The molecule has 0 aromatic carbocycles. The van der Waals surface area contributed by atoms with Crippen molar-refractivity contribution in [2.75, 3.05) is 13.6 Å². The largest absolute Gasteiger partial charge is 0.350 e. The molecule has 0 aliphatic rings. The molecule has 2 rings (SSSR count). The van der Waals surface area contributed by atoms with Crippen molar-refractivity contribution in [3.8, 4) is 0 Å². The number of fused-ring (bicyclic) bond motifs is 1. The minimum absolute atomic E-state index is 0.0146. The number of hydrogen-bond acceptors (Lipinski definition) is 4. The van der Waals surface area contributed by atoms with Gasteiger partial charge in [-0.15, -0.1) is 0 Å². The van der Waals surface area contributed by atoms with Gasteiger partial charge in [0.05, 0.1) is 11.9 Å². The van der Waals surface area contributed by atoms with Crippen molar-refractivity contribution in [3.05, 3.63) is 39.8 Å². The van der Waals surface area contributed by atoms with Crippen LogP contribution in [0.4, 0.5) is 0 Å². The first-order valence-corrected chi connectivity index (χ1v) is 7.64. The number of pyridine rings is 2. The topological polar surface area (TPSA) is 95.2 Å². The Kier molecular flexibility index (Phi) is 4.73. The van der Waals surface area contributed by atoms with Crippen molar-refractivity contribution in [2.45, 2.75) is 33.2 Å². The third kappa shape index (κ3) is 3.98. The Balaban J connectivity index is 2.25. The molecule has 24 heavy (non-hydrogen) atoms. The van der Waals surface area contributed by atoms with E-state index in [1.54, 1.807) is 12.1 Å². The first-order valence-electron chi connectivity index (χ1n) is 7.64. The number of hydrogen-bond donors (Lipinski definition) is 2. The van der Waals surface area contributed by atoms with Crippen LogP contribution in [0.25, 0.3) is 11.0 Å². The summed E-state index contributed by atoms with van der Waals surface area (Å²) >= 11 is 0. The Labute approximate surface area is 140 Å². The maximum absolute atomic E-state index is 12.5. The number of likely N-dealkylation sites (N-methyl/N-ethyl adjacent to an activating group) is 1. The van der Waals surface area contributed by atoms with E-state index in [-0.39, 0.29) is 23.6 Å². The maximum Gasteiger partial charge on any atom is 0.259 e. The second-order valence-electron chi connectivity index (χ2n) is 6.84. The monoisotopic (exact) mass is 330 g/mol. The average molecular weight is 330 g/mol. The summed E-state index contributed by atoms with van der Waals surface area (Å²) < 4.78 is 0. The smallest absolute Gasteiger partial charge is 0.259 e. The number of aromatic nitrogens is 2. The van der Waals surface area contributed by atoms with Gasteiger partial charge < -0.3 is 15.2 Å². The number of carbonyl (C=O) groups excluding carboxylic acids is 2. The van der Waals surface area contributed by atoms with Gasteiger partial charge in [-0.25, -0.2) is 4.98 Å². The van der Waals surface area contributed by atoms with E-state index in [1.807, 2.05) is 27.7 Å². The number of rotatable bonds is 3.